The number of carbonyl (C=O) groups is 1. The van der Waals surface area contributed by atoms with Crippen LogP contribution in [0.25, 0.3) is 0 Å². The van der Waals surface area contributed by atoms with Crippen LogP contribution in [-0.4, -0.2) is 44.8 Å². The van der Waals surface area contributed by atoms with Crippen LogP contribution in [0.3, 0.4) is 0 Å². The Hall–Kier alpha value is -0.960. The van der Waals surface area contributed by atoms with Crippen LogP contribution < -0.4 is 11.1 Å². The van der Waals surface area contributed by atoms with E-state index in [1.807, 2.05) is 0 Å². The van der Waals surface area contributed by atoms with Gasteiger partial charge in [0, 0.05) is 26.2 Å². The summed E-state index contributed by atoms with van der Waals surface area (Å²) in [4.78, 5) is 12.2. The molecule has 0 radical (unpaired) electrons. The molecule has 0 fully saturated rings. The number of hydrogen-bond acceptors (Lipinski definition) is 5. The second kappa shape index (κ2) is 5.58. The van der Waals surface area contributed by atoms with E-state index in [4.69, 9.17) is 5.73 Å². The standard InChI is InChI=1S/C11H19N3O3S2/c1-11(2,12)7-13-10(15)9-8(5-6-18-9)19(16,17)14(3)4/h5-6H,7,12H2,1-4H3,(H,13,15). The fraction of sp³-hybridized carbons (Fsp3) is 0.545. The number of carbonyl (C=O) groups excluding carboxylic acids is 1. The number of sulfonamides is 1. The highest BCUT2D eigenvalue weighted by Gasteiger charge is 2.26. The first-order chi connectivity index (χ1) is 8.55. The number of nitrogens with zero attached hydrogens (tertiary/aromatic N) is 1. The molecule has 1 aromatic rings. The quantitative estimate of drug-likeness (QED) is 0.827. The van der Waals surface area contributed by atoms with Crippen LogP contribution in [0.5, 0.6) is 0 Å². The van der Waals surface area contributed by atoms with Gasteiger partial charge >= 0.3 is 0 Å². The molecule has 0 spiro atoms. The number of amides is 1. The molecule has 0 saturated heterocycles. The average molecular weight is 305 g/mol. The third kappa shape index (κ3) is 4.00. The molecule has 0 aliphatic carbocycles. The highest BCUT2D eigenvalue weighted by atomic mass is 32.2. The van der Waals surface area contributed by atoms with Crippen molar-refractivity contribution in [3.63, 3.8) is 0 Å². The highest BCUT2D eigenvalue weighted by molar-refractivity contribution is 7.89. The van der Waals surface area contributed by atoms with E-state index in [0.717, 1.165) is 15.6 Å². The van der Waals surface area contributed by atoms with Gasteiger partial charge < -0.3 is 11.1 Å². The maximum absolute atomic E-state index is 12.0. The fourth-order valence-corrected chi connectivity index (χ4v) is 3.46. The summed E-state index contributed by atoms with van der Waals surface area (Å²) in [5, 5.41) is 4.22. The predicted octanol–water partition coefficient (Wildman–Crippen LogP) is 0.466. The zero-order valence-corrected chi connectivity index (χ0v) is 13.1. The molecule has 0 bridgehead atoms. The summed E-state index contributed by atoms with van der Waals surface area (Å²) in [5.74, 6) is -0.422. The van der Waals surface area contributed by atoms with Gasteiger partial charge in [-0.3, -0.25) is 4.79 Å². The molecule has 1 heterocycles. The molecule has 0 aliphatic heterocycles. The topological polar surface area (TPSA) is 92.5 Å². The van der Waals surface area contributed by atoms with Gasteiger partial charge in [-0.15, -0.1) is 11.3 Å². The zero-order chi connectivity index (χ0) is 14.8. The molecule has 1 rings (SSSR count). The van der Waals surface area contributed by atoms with Gasteiger partial charge in [0.2, 0.25) is 10.0 Å². The normalized spacial score (nSPS) is 12.7. The molecule has 0 unspecified atom stereocenters. The van der Waals surface area contributed by atoms with Gasteiger partial charge in [-0.2, -0.15) is 0 Å². The minimum atomic E-state index is -3.61. The molecular formula is C11H19N3O3S2. The van der Waals surface area contributed by atoms with E-state index in [2.05, 4.69) is 5.32 Å². The Balaban J connectivity index is 2.99. The largest absolute Gasteiger partial charge is 0.349 e. The number of thiophene rings is 1. The van der Waals surface area contributed by atoms with Crippen molar-refractivity contribution in [2.45, 2.75) is 24.3 Å². The number of nitrogens with one attached hydrogen (secondary N) is 1. The lowest BCUT2D eigenvalue weighted by Gasteiger charge is -2.19. The van der Waals surface area contributed by atoms with Crippen LogP contribution in [-0.2, 0) is 10.0 Å². The SMILES string of the molecule is CN(C)S(=O)(=O)c1ccsc1C(=O)NCC(C)(C)N. The highest BCUT2D eigenvalue weighted by Crippen LogP contribution is 2.23. The van der Waals surface area contributed by atoms with Gasteiger partial charge in [0.15, 0.2) is 0 Å². The summed E-state index contributed by atoms with van der Waals surface area (Å²) in [7, 11) is -0.755. The lowest BCUT2D eigenvalue weighted by atomic mass is 10.1. The van der Waals surface area contributed by atoms with E-state index < -0.39 is 21.5 Å². The number of hydrogen-bond donors (Lipinski definition) is 2. The van der Waals surface area contributed by atoms with E-state index in [1.54, 1.807) is 19.2 Å². The lowest BCUT2D eigenvalue weighted by Crippen LogP contribution is -2.45. The van der Waals surface area contributed by atoms with Crippen LogP contribution in [0.4, 0.5) is 0 Å². The Morgan fingerprint density at radius 2 is 2.05 bits per heavy atom. The second-order valence-corrected chi connectivity index (χ2v) is 8.11. The van der Waals surface area contributed by atoms with Crippen LogP contribution in [0.1, 0.15) is 23.5 Å². The van der Waals surface area contributed by atoms with Gasteiger partial charge in [-0.25, -0.2) is 12.7 Å². The summed E-state index contributed by atoms with van der Waals surface area (Å²) in [6, 6.07) is 1.43. The lowest BCUT2D eigenvalue weighted by molar-refractivity contribution is 0.0947. The molecule has 108 valence electrons. The monoisotopic (exact) mass is 305 g/mol. The molecule has 0 atom stereocenters. The summed E-state index contributed by atoms with van der Waals surface area (Å²) < 4.78 is 25.2. The first-order valence-corrected chi connectivity index (χ1v) is 7.95. The van der Waals surface area contributed by atoms with Gasteiger partial charge in [-0.05, 0) is 25.3 Å². The molecule has 0 aliphatic rings. The molecule has 0 aromatic carbocycles. The molecule has 1 amide bonds. The smallest absolute Gasteiger partial charge is 0.262 e. The van der Waals surface area contributed by atoms with Crippen molar-refractivity contribution in [3.05, 3.63) is 16.3 Å². The van der Waals surface area contributed by atoms with Crippen molar-refractivity contribution < 1.29 is 13.2 Å². The zero-order valence-electron chi connectivity index (χ0n) is 11.4. The summed E-state index contributed by atoms with van der Waals surface area (Å²) in [6.45, 7) is 3.82. The van der Waals surface area contributed by atoms with Crippen LogP contribution in [0, 0.1) is 0 Å². The predicted molar refractivity (Wildman–Crippen MR) is 75.8 cm³/mol. The third-order valence-electron chi connectivity index (χ3n) is 2.30. The molecule has 19 heavy (non-hydrogen) atoms. The van der Waals surface area contributed by atoms with E-state index in [9.17, 15) is 13.2 Å². The van der Waals surface area contributed by atoms with Crippen molar-refractivity contribution in [1.29, 1.82) is 0 Å². The first kappa shape index (κ1) is 16.1. The van der Waals surface area contributed by atoms with E-state index in [0.29, 0.717) is 0 Å². The molecule has 0 saturated carbocycles. The van der Waals surface area contributed by atoms with Crippen LogP contribution in [0.2, 0.25) is 0 Å². The summed E-state index contributed by atoms with van der Waals surface area (Å²) >= 11 is 1.09. The van der Waals surface area contributed by atoms with Crippen LogP contribution >= 0.6 is 11.3 Å². The van der Waals surface area contributed by atoms with E-state index >= 15 is 0 Å². The molecule has 6 nitrogen and oxygen atoms in total. The Kier molecular flexibility index (Phi) is 4.72. The molecule has 8 heteroatoms. The maximum Gasteiger partial charge on any atom is 0.262 e. The summed E-state index contributed by atoms with van der Waals surface area (Å²) in [6.07, 6.45) is 0. The Morgan fingerprint density at radius 3 is 2.53 bits per heavy atom. The molecule has 1 aromatic heterocycles. The van der Waals surface area contributed by atoms with Gasteiger partial charge in [0.05, 0.1) is 0 Å². The Bertz CT molecular complexity index is 556. The maximum atomic E-state index is 12.0. The fourth-order valence-electron chi connectivity index (χ4n) is 1.25. The van der Waals surface area contributed by atoms with Gasteiger partial charge in [0.25, 0.3) is 5.91 Å². The number of nitrogens with two attached hydrogens (primary N) is 1. The Morgan fingerprint density at radius 1 is 1.47 bits per heavy atom. The van der Waals surface area contributed by atoms with Crippen molar-refractivity contribution in [1.82, 2.24) is 9.62 Å². The van der Waals surface area contributed by atoms with Gasteiger partial charge in [-0.1, -0.05) is 0 Å². The van der Waals surface area contributed by atoms with Crippen molar-refractivity contribution in [2.75, 3.05) is 20.6 Å². The first-order valence-electron chi connectivity index (χ1n) is 5.63. The number of rotatable bonds is 5. The van der Waals surface area contributed by atoms with Crippen molar-refractivity contribution >= 4 is 27.3 Å². The summed E-state index contributed by atoms with van der Waals surface area (Å²) in [5.41, 5.74) is 5.22. The minimum Gasteiger partial charge on any atom is -0.349 e. The average Bonchev–Trinajstić information content (AvgIpc) is 2.73. The molecular weight excluding hydrogens is 286 g/mol. The van der Waals surface area contributed by atoms with Crippen LogP contribution in [0.15, 0.2) is 16.3 Å². The minimum absolute atomic E-state index is 0.0230. The second-order valence-electron chi connectivity index (χ2n) is 5.07. The molecule has 3 N–H and O–H groups in total. The van der Waals surface area contributed by atoms with E-state index in [1.165, 1.54) is 20.2 Å². The van der Waals surface area contributed by atoms with Crippen molar-refractivity contribution in [3.8, 4) is 0 Å². The van der Waals surface area contributed by atoms with Gasteiger partial charge in [0.1, 0.15) is 9.77 Å². The Labute approximate surface area is 117 Å². The third-order valence-corrected chi connectivity index (χ3v) is 5.20. The van der Waals surface area contributed by atoms with Crippen molar-refractivity contribution in [2.24, 2.45) is 5.73 Å². The van der Waals surface area contributed by atoms with E-state index in [-0.39, 0.29) is 16.3 Å².